The summed E-state index contributed by atoms with van der Waals surface area (Å²) in [6, 6.07) is 11.6. The molecule has 2 heterocycles. The average Bonchev–Trinajstić information content (AvgIpc) is 3.09. The lowest BCUT2D eigenvalue weighted by Gasteiger charge is -2.36. The maximum Gasteiger partial charge on any atom is 0.437 e. The Morgan fingerprint density at radius 2 is 1.52 bits per heavy atom. The number of carbonyl (C=O) groups is 1. The van der Waals surface area contributed by atoms with Crippen LogP contribution in [-0.2, 0) is 11.3 Å². The van der Waals surface area contributed by atoms with Gasteiger partial charge in [0.2, 0.25) is 11.8 Å². The first-order chi connectivity index (χ1) is 14.0. The van der Waals surface area contributed by atoms with Crippen LogP contribution in [0.3, 0.4) is 0 Å². The smallest absolute Gasteiger partial charge is 0.388 e. The van der Waals surface area contributed by atoms with Gasteiger partial charge in [0, 0.05) is 37.4 Å². The van der Waals surface area contributed by atoms with Crippen molar-refractivity contribution in [1.29, 1.82) is 0 Å². The Morgan fingerprint density at radius 1 is 0.931 bits per heavy atom. The van der Waals surface area contributed by atoms with Gasteiger partial charge in [0.05, 0.1) is 0 Å². The summed E-state index contributed by atoms with van der Waals surface area (Å²) < 4.78 is 32.1. The van der Waals surface area contributed by atoms with Gasteiger partial charge in [-0.2, -0.15) is 4.68 Å². The van der Waals surface area contributed by atoms with Crippen molar-refractivity contribution in [2.45, 2.75) is 6.54 Å². The summed E-state index contributed by atoms with van der Waals surface area (Å²) in [5.74, 6) is -1.66. The van der Waals surface area contributed by atoms with Gasteiger partial charge in [-0.1, -0.05) is 0 Å². The largest absolute Gasteiger partial charge is 0.437 e. The van der Waals surface area contributed by atoms with Crippen LogP contribution in [0.25, 0.3) is 11.5 Å². The van der Waals surface area contributed by atoms with Gasteiger partial charge in [0.1, 0.15) is 18.2 Å². The van der Waals surface area contributed by atoms with Crippen molar-refractivity contribution in [2.75, 3.05) is 31.1 Å². The van der Waals surface area contributed by atoms with Gasteiger partial charge in [-0.25, -0.2) is 13.6 Å². The Kier molecular flexibility index (Phi) is 5.11. The Labute approximate surface area is 164 Å². The van der Waals surface area contributed by atoms with E-state index in [9.17, 15) is 18.4 Å². The standard InChI is InChI=1S/C20H18F2N4O3/c21-15-3-1-14(2-4-15)19-23-26(20(28)29-19)13-18(27)25-11-9-24(10-12-25)17-7-5-16(22)6-8-17/h1-8H,9-13H2. The SMILES string of the molecule is O=C(Cn1nc(-c2ccc(F)cc2)oc1=O)N1CCN(c2ccc(F)cc2)CC1. The molecule has 0 aliphatic carbocycles. The van der Waals surface area contributed by atoms with Gasteiger partial charge in [0.15, 0.2) is 0 Å². The molecule has 2 aromatic carbocycles. The lowest BCUT2D eigenvalue weighted by Crippen LogP contribution is -2.50. The number of piperazine rings is 1. The van der Waals surface area contributed by atoms with E-state index in [4.69, 9.17) is 4.42 Å². The summed E-state index contributed by atoms with van der Waals surface area (Å²) in [6.45, 7) is 1.93. The maximum absolute atomic E-state index is 13.1. The first-order valence-electron chi connectivity index (χ1n) is 9.12. The van der Waals surface area contributed by atoms with Gasteiger partial charge in [0.25, 0.3) is 0 Å². The first kappa shape index (κ1) is 18.9. The average molecular weight is 400 g/mol. The summed E-state index contributed by atoms with van der Waals surface area (Å²) >= 11 is 0. The van der Waals surface area contributed by atoms with Gasteiger partial charge in [-0.3, -0.25) is 4.79 Å². The van der Waals surface area contributed by atoms with Crippen LogP contribution in [0.5, 0.6) is 0 Å². The molecule has 0 radical (unpaired) electrons. The zero-order valence-corrected chi connectivity index (χ0v) is 15.4. The highest BCUT2D eigenvalue weighted by Gasteiger charge is 2.23. The molecule has 0 saturated carbocycles. The lowest BCUT2D eigenvalue weighted by molar-refractivity contribution is -0.132. The highest BCUT2D eigenvalue weighted by atomic mass is 19.1. The molecule has 0 unspecified atom stereocenters. The monoisotopic (exact) mass is 400 g/mol. The van der Waals surface area contributed by atoms with Crippen molar-refractivity contribution in [1.82, 2.24) is 14.7 Å². The fraction of sp³-hybridized carbons (Fsp3) is 0.250. The predicted octanol–water partition coefficient (Wildman–Crippen LogP) is 2.13. The fourth-order valence-corrected chi connectivity index (χ4v) is 3.21. The number of hydrogen-bond acceptors (Lipinski definition) is 5. The molecule has 0 bridgehead atoms. The maximum atomic E-state index is 13.1. The minimum atomic E-state index is -0.748. The molecule has 1 fully saturated rings. The molecule has 0 atom stereocenters. The molecule has 0 spiro atoms. The van der Waals surface area contributed by atoms with Crippen LogP contribution in [0.4, 0.5) is 14.5 Å². The van der Waals surface area contributed by atoms with Crippen LogP contribution in [0.2, 0.25) is 0 Å². The van der Waals surface area contributed by atoms with E-state index in [1.807, 2.05) is 0 Å². The molecule has 1 amide bonds. The number of amides is 1. The minimum absolute atomic E-state index is 0.0314. The summed E-state index contributed by atoms with van der Waals surface area (Å²) in [6.07, 6.45) is 0. The van der Waals surface area contributed by atoms with E-state index in [-0.39, 0.29) is 24.2 Å². The highest BCUT2D eigenvalue weighted by molar-refractivity contribution is 5.76. The molecule has 4 rings (SSSR count). The van der Waals surface area contributed by atoms with E-state index >= 15 is 0 Å². The van der Waals surface area contributed by atoms with E-state index < -0.39 is 11.6 Å². The summed E-state index contributed by atoms with van der Waals surface area (Å²) in [4.78, 5) is 28.3. The molecule has 1 saturated heterocycles. The number of benzene rings is 2. The number of anilines is 1. The van der Waals surface area contributed by atoms with Crippen LogP contribution in [0, 0.1) is 11.6 Å². The number of hydrogen-bond donors (Lipinski definition) is 0. The third-order valence-corrected chi connectivity index (χ3v) is 4.81. The molecule has 9 heteroatoms. The molecule has 150 valence electrons. The summed E-state index contributed by atoms with van der Waals surface area (Å²) in [5, 5.41) is 4.04. The number of nitrogens with zero attached hydrogens (tertiary/aromatic N) is 4. The fourth-order valence-electron chi connectivity index (χ4n) is 3.21. The Balaban J connectivity index is 1.38. The molecule has 7 nitrogen and oxygen atoms in total. The summed E-state index contributed by atoms with van der Waals surface area (Å²) in [5.41, 5.74) is 1.35. The second kappa shape index (κ2) is 7.86. The molecule has 1 aliphatic rings. The van der Waals surface area contributed by atoms with Gasteiger partial charge in [-0.15, -0.1) is 5.10 Å². The molecule has 3 aromatic rings. The second-order valence-corrected chi connectivity index (χ2v) is 6.68. The highest BCUT2D eigenvalue weighted by Crippen LogP contribution is 2.18. The molecule has 0 N–H and O–H groups in total. The van der Waals surface area contributed by atoms with Crippen LogP contribution in [0.1, 0.15) is 0 Å². The zero-order chi connectivity index (χ0) is 20.4. The zero-order valence-electron chi connectivity index (χ0n) is 15.4. The number of carbonyl (C=O) groups excluding carboxylic acids is 1. The molecular weight excluding hydrogens is 382 g/mol. The van der Waals surface area contributed by atoms with E-state index in [0.29, 0.717) is 31.7 Å². The van der Waals surface area contributed by atoms with Crippen LogP contribution in [0.15, 0.2) is 57.7 Å². The molecule has 29 heavy (non-hydrogen) atoms. The Bertz CT molecular complexity index is 1050. The van der Waals surface area contributed by atoms with Crippen molar-refractivity contribution in [2.24, 2.45) is 0 Å². The first-order valence-corrected chi connectivity index (χ1v) is 9.12. The van der Waals surface area contributed by atoms with Gasteiger partial charge < -0.3 is 14.2 Å². The van der Waals surface area contributed by atoms with E-state index in [1.54, 1.807) is 17.0 Å². The normalized spacial score (nSPS) is 14.3. The third kappa shape index (κ3) is 4.18. The van der Waals surface area contributed by atoms with Crippen molar-refractivity contribution < 1.29 is 18.0 Å². The second-order valence-electron chi connectivity index (χ2n) is 6.68. The van der Waals surface area contributed by atoms with E-state index in [0.717, 1.165) is 10.4 Å². The van der Waals surface area contributed by atoms with Crippen molar-refractivity contribution in [3.63, 3.8) is 0 Å². The molecular formula is C20H18F2N4O3. The lowest BCUT2D eigenvalue weighted by atomic mass is 10.2. The topological polar surface area (TPSA) is 71.6 Å². The molecule has 1 aromatic heterocycles. The third-order valence-electron chi connectivity index (χ3n) is 4.81. The number of halogens is 2. The van der Waals surface area contributed by atoms with Gasteiger partial charge >= 0.3 is 5.76 Å². The number of rotatable bonds is 4. The number of aromatic nitrogens is 2. The molecule has 1 aliphatic heterocycles. The van der Waals surface area contributed by atoms with E-state index in [1.165, 1.54) is 36.4 Å². The van der Waals surface area contributed by atoms with Crippen molar-refractivity contribution in [3.8, 4) is 11.5 Å². The van der Waals surface area contributed by atoms with E-state index in [2.05, 4.69) is 10.00 Å². The summed E-state index contributed by atoms with van der Waals surface area (Å²) in [7, 11) is 0. The Hall–Kier alpha value is -3.49. The van der Waals surface area contributed by atoms with Gasteiger partial charge in [-0.05, 0) is 48.5 Å². The van der Waals surface area contributed by atoms with Crippen LogP contribution < -0.4 is 10.7 Å². The predicted molar refractivity (Wildman–Crippen MR) is 101 cm³/mol. The van der Waals surface area contributed by atoms with Crippen molar-refractivity contribution in [3.05, 3.63) is 70.7 Å². The van der Waals surface area contributed by atoms with Crippen LogP contribution in [-0.4, -0.2) is 46.8 Å². The minimum Gasteiger partial charge on any atom is -0.388 e. The van der Waals surface area contributed by atoms with Crippen molar-refractivity contribution >= 4 is 11.6 Å². The Morgan fingerprint density at radius 3 is 2.14 bits per heavy atom. The quantitative estimate of drug-likeness (QED) is 0.671. The van der Waals surface area contributed by atoms with Crippen LogP contribution >= 0.6 is 0 Å².